The number of carbonyl (C=O) groups is 1. The summed E-state index contributed by atoms with van der Waals surface area (Å²) in [5.41, 5.74) is 1.67. The van der Waals surface area contributed by atoms with Gasteiger partial charge in [-0.25, -0.2) is 14.3 Å². The standard InChI is InChI=1S/C29H28F3N7O/c1-2-37-13-15-38(16-14-37)20-23-8-9-24(18-25(23)29(30,31)32)35-28(40)36-27-17-21(10-11-33-27)6-7-22-19-34-39-12-4-3-5-26(22)39/h3-5,8-12,17-19H,2,13-16,20H2,1H3,(H2,33,35,36,40). The molecule has 0 bridgehead atoms. The molecular weight excluding hydrogens is 519 g/mol. The third-order valence-corrected chi connectivity index (χ3v) is 6.75. The van der Waals surface area contributed by atoms with E-state index >= 15 is 0 Å². The van der Waals surface area contributed by atoms with Gasteiger partial charge < -0.3 is 10.2 Å². The Bertz CT molecular complexity index is 1560. The lowest BCUT2D eigenvalue weighted by Crippen LogP contribution is -2.45. The van der Waals surface area contributed by atoms with Crippen molar-refractivity contribution >= 4 is 23.1 Å². The SMILES string of the molecule is CCN1CCN(Cc2ccc(NC(=O)Nc3cc(C#Cc4cnn5ccccc45)ccn3)cc2C(F)(F)F)CC1. The molecule has 1 saturated heterocycles. The minimum absolute atomic E-state index is 0.0356. The summed E-state index contributed by atoms with van der Waals surface area (Å²) in [5, 5.41) is 9.30. The fourth-order valence-electron chi connectivity index (χ4n) is 4.59. The maximum Gasteiger partial charge on any atom is 0.416 e. The summed E-state index contributed by atoms with van der Waals surface area (Å²) in [6, 6.07) is 12.1. The molecule has 0 aliphatic carbocycles. The summed E-state index contributed by atoms with van der Waals surface area (Å²) in [5.74, 6) is 6.30. The molecule has 206 valence electrons. The lowest BCUT2D eigenvalue weighted by Gasteiger charge is -2.34. The molecule has 1 aliphatic rings. The van der Waals surface area contributed by atoms with E-state index in [9.17, 15) is 18.0 Å². The van der Waals surface area contributed by atoms with Crippen LogP contribution in [-0.2, 0) is 12.7 Å². The molecule has 1 aliphatic heterocycles. The number of benzene rings is 1. The number of amides is 2. The van der Waals surface area contributed by atoms with Gasteiger partial charge in [0.15, 0.2) is 0 Å². The van der Waals surface area contributed by atoms with Gasteiger partial charge in [0.1, 0.15) is 5.82 Å². The van der Waals surface area contributed by atoms with Crippen molar-refractivity contribution in [2.24, 2.45) is 0 Å². The van der Waals surface area contributed by atoms with Crippen molar-refractivity contribution in [1.29, 1.82) is 0 Å². The Labute approximate surface area is 229 Å². The molecule has 40 heavy (non-hydrogen) atoms. The van der Waals surface area contributed by atoms with E-state index in [4.69, 9.17) is 0 Å². The van der Waals surface area contributed by atoms with Gasteiger partial charge in [0.05, 0.1) is 22.8 Å². The number of fused-ring (bicyclic) bond motifs is 1. The van der Waals surface area contributed by atoms with Crippen LogP contribution in [-0.4, -0.2) is 63.2 Å². The van der Waals surface area contributed by atoms with Crippen molar-refractivity contribution in [2.75, 3.05) is 43.4 Å². The average Bonchev–Trinajstić information content (AvgIpc) is 3.36. The number of carbonyl (C=O) groups excluding carboxylic acids is 1. The highest BCUT2D eigenvalue weighted by molar-refractivity contribution is 5.99. The molecule has 1 aromatic carbocycles. The first kappa shape index (κ1) is 27.2. The number of alkyl halides is 3. The van der Waals surface area contributed by atoms with Crippen LogP contribution in [0.4, 0.5) is 29.5 Å². The molecule has 8 nitrogen and oxygen atoms in total. The Kier molecular flexibility index (Phi) is 8.00. The summed E-state index contributed by atoms with van der Waals surface area (Å²) in [7, 11) is 0. The average molecular weight is 548 g/mol. The first-order chi connectivity index (χ1) is 19.3. The van der Waals surface area contributed by atoms with E-state index in [1.54, 1.807) is 22.8 Å². The van der Waals surface area contributed by atoms with E-state index in [2.05, 4.69) is 44.4 Å². The smallest absolute Gasteiger partial charge is 0.308 e. The first-order valence-electron chi connectivity index (χ1n) is 12.9. The zero-order chi connectivity index (χ0) is 28.1. The van der Waals surface area contributed by atoms with Crippen LogP contribution in [0.15, 0.2) is 67.1 Å². The zero-order valence-electron chi connectivity index (χ0n) is 21.9. The lowest BCUT2D eigenvalue weighted by atomic mass is 10.0. The van der Waals surface area contributed by atoms with Crippen LogP contribution < -0.4 is 10.6 Å². The number of likely N-dealkylation sites (N-methyl/N-ethyl adjacent to an activating group) is 1. The van der Waals surface area contributed by atoms with Crippen LogP contribution in [0, 0.1) is 11.8 Å². The number of halogens is 3. The maximum atomic E-state index is 13.9. The Balaban J connectivity index is 1.25. The summed E-state index contributed by atoms with van der Waals surface area (Å²) in [6.45, 7) is 6.29. The van der Waals surface area contributed by atoms with Crippen molar-refractivity contribution in [3.05, 3.63) is 89.4 Å². The second-order valence-corrected chi connectivity index (χ2v) is 9.43. The van der Waals surface area contributed by atoms with Gasteiger partial charge in [-0.05, 0) is 48.5 Å². The highest BCUT2D eigenvalue weighted by Gasteiger charge is 2.34. The van der Waals surface area contributed by atoms with E-state index in [1.165, 1.54) is 18.3 Å². The minimum Gasteiger partial charge on any atom is -0.308 e. The van der Waals surface area contributed by atoms with Crippen molar-refractivity contribution in [3.8, 4) is 11.8 Å². The second kappa shape index (κ2) is 11.8. The topological polar surface area (TPSA) is 77.8 Å². The normalized spacial score (nSPS) is 14.5. The minimum atomic E-state index is -4.55. The Morgan fingerprint density at radius 3 is 2.58 bits per heavy atom. The van der Waals surface area contributed by atoms with Gasteiger partial charge in [-0.3, -0.25) is 10.2 Å². The Morgan fingerprint density at radius 2 is 1.80 bits per heavy atom. The van der Waals surface area contributed by atoms with Crippen LogP contribution in [0.1, 0.15) is 29.2 Å². The van der Waals surface area contributed by atoms with Crippen LogP contribution in [0.25, 0.3) is 5.52 Å². The lowest BCUT2D eigenvalue weighted by molar-refractivity contribution is -0.138. The van der Waals surface area contributed by atoms with Gasteiger partial charge in [-0.2, -0.15) is 18.3 Å². The molecular formula is C29H28F3N7O. The van der Waals surface area contributed by atoms with Crippen LogP contribution >= 0.6 is 0 Å². The second-order valence-electron chi connectivity index (χ2n) is 9.43. The van der Waals surface area contributed by atoms with Crippen molar-refractivity contribution in [3.63, 3.8) is 0 Å². The third-order valence-electron chi connectivity index (χ3n) is 6.75. The summed E-state index contributed by atoms with van der Waals surface area (Å²) >= 11 is 0. The van der Waals surface area contributed by atoms with Gasteiger partial charge in [0.25, 0.3) is 0 Å². The van der Waals surface area contributed by atoms with Gasteiger partial charge in [0, 0.05) is 56.4 Å². The van der Waals surface area contributed by atoms with E-state index < -0.39 is 17.8 Å². The predicted octanol–water partition coefficient (Wildman–Crippen LogP) is 4.93. The number of hydrogen-bond donors (Lipinski definition) is 2. The molecule has 2 amide bonds. The number of nitrogens with one attached hydrogen (secondary N) is 2. The summed E-state index contributed by atoms with van der Waals surface area (Å²) in [6.07, 6.45) is 0.438. The van der Waals surface area contributed by atoms with Crippen LogP contribution in [0.3, 0.4) is 0 Å². The third kappa shape index (κ3) is 6.59. The molecule has 0 unspecified atom stereocenters. The largest absolute Gasteiger partial charge is 0.416 e. The predicted molar refractivity (Wildman–Crippen MR) is 147 cm³/mol. The molecule has 0 atom stereocenters. The number of piperazine rings is 1. The van der Waals surface area contributed by atoms with Crippen molar-refractivity contribution < 1.29 is 18.0 Å². The fraction of sp³-hybridized carbons (Fsp3) is 0.276. The summed E-state index contributed by atoms with van der Waals surface area (Å²) < 4.78 is 43.4. The molecule has 4 aromatic rings. The highest BCUT2D eigenvalue weighted by atomic mass is 19.4. The van der Waals surface area contributed by atoms with Crippen molar-refractivity contribution in [1.82, 2.24) is 24.4 Å². The molecule has 3 aromatic heterocycles. The Hall–Kier alpha value is -4.40. The molecule has 0 spiro atoms. The number of nitrogens with zero attached hydrogens (tertiary/aromatic N) is 5. The Morgan fingerprint density at radius 1 is 1.00 bits per heavy atom. The van der Waals surface area contributed by atoms with Gasteiger partial charge in [0.2, 0.25) is 0 Å². The maximum absolute atomic E-state index is 13.9. The molecule has 0 radical (unpaired) electrons. The number of urea groups is 1. The van der Waals surface area contributed by atoms with Gasteiger partial charge >= 0.3 is 12.2 Å². The van der Waals surface area contributed by atoms with E-state index in [0.717, 1.165) is 36.8 Å². The molecule has 4 heterocycles. The molecule has 5 rings (SSSR count). The zero-order valence-corrected chi connectivity index (χ0v) is 21.9. The van der Waals surface area contributed by atoms with Crippen LogP contribution in [0.2, 0.25) is 0 Å². The quantitative estimate of drug-likeness (QED) is 0.347. The molecule has 2 N–H and O–H groups in total. The fourth-order valence-corrected chi connectivity index (χ4v) is 4.59. The van der Waals surface area contributed by atoms with E-state index in [1.807, 2.05) is 29.3 Å². The van der Waals surface area contributed by atoms with Crippen LogP contribution in [0.5, 0.6) is 0 Å². The monoisotopic (exact) mass is 547 g/mol. The number of pyridine rings is 2. The molecule has 0 saturated carbocycles. The molecule has 1 fully saturated rings. The number of aromatic nitrogens is 3. The first-order valence-corrected chi connectivity index (χ1v) is 12.9. The number of rotatable bonds is 5. The van der Waals surface area contributed by atoms with Crippen molar-refractivity contribution in [2.45, 2.75) is 19.6 Å². The van der Waals surface area contributed by atoms with Gasteiger partial charge in [-0.15, -0.1) is 0 Å². The van der Waals surface area contributed by atoms with E-state index in [-0.39, 0.29) is 23.6 Å². The van der Waals surface area contributed by atoms with E-state index in [0.29, 0.717) is 18.7 Å². The molecule has 11 heteroatoms. The number of anilines is 2. The highest BCUT2D eigenvalue weighted by Crippen LogP contribution is 2.34. The number of hydrogen-bond acceptors (Lipinski definition) is 5. The summed E-state index contributed by atoms with van der Waals surface area (Å²) in [4.78, 5) is 21.0. The van der Waals surface area contributed by atoms with Gasteiger partial charge in [-0.1, -0.05) is 30.9 Å².